The van der Waals surface area contributed by atoms with Gasteiger partial charge in [0.2, 0.25) is 0 Å². The molecule has 0 bridgehead atoms. The van der Waals surface area contributed by atoms with Crippen molar-refractivity contribution in [1.82, 2.24) is 10.5 Å². The third kappa shape index (κ3) is 1.96. The summed E-state index contributed by atoms with van der Waals surface area (Å²) in [6, 6.07) is 15.7. The highest BCUT2D eigenvalue weighted by molar-refractivity contribution is 6.12. The molecule has 0 fully saturated rings. The molecule has 0 radical (unpaired) electrons. The number of nitrogens with zero attached hydrogens (tertiary/aromatic N) is 1. The Labute approximate surface area is 109 Å². The van der Waals surface area contributed by atoms with Gasteiger partial charge in [-0.1, -0.05) is 30.3 Å². The lowest BCUT2D eigenvalue weighted by molar-refractivity contribution is 0.0533. The summed E-state index contributed by atoms with van der Waals surface area (Å²) in [4.78, 5) is 24.5. The Hall–Kier alpha value is -2.66. The van der Waals surface area contributed by atoms with Crippen molar-refractivity contribution in [2.24, 2.45) is 0 Å². The number of nitrogens with one attached hydrogen (secondary N) is 2. The molecule has 1 aliphatic rings. The molecule has 19 heavy (non-hydrogen) atoms. The molecule has 0 aromatic heterocycles. The fraction of sp³-hybridized carbons (Fsp3) is 0. The largest absolute Gasteiger partial charge is 0.303 e. The Balaban J connectivity index is 1.93. The minimum atomic E-state index is -0.396. The molecule has 0 atom stereocenters. The predicted octanol–water partition coefficient (Wildman–Crippen LogP) is 1.81. The van der Waals surface area contributed by atoms with Gasteiger partial charge < -0.3 is 5.43 Å². The van der Waals surface area contributed by atoms with Crippen molar-refractivity contribution in [3.63, 3.8) is 0 Å². The Bertz CT molecular complexity index is 640. The number of hydrazine groups is 2. The number of imide groups is 1. The maximum atomic E-state index is 12.2. The van der Waals surface area contributed by atoms with Crippen LogP contribution in [0.1, 0.15) is 20.7 Å². The summed E-state index contributed by atoms with van der Waals surface area (Å²) >= 11 is 0. The Morgan fingerprint density at radius 3 is 2.42 bits per heavy atom. The number of benzene rings is 2. The fourth-order valence-electron chi connectivity index (χ4n) is 1.92. The van der Waals surface area contributed by atoms with Crippen molar-refractivity contribution in [1.29, 1.82) is 0 Å². The monoisotopic (exact) mass is 253 g/mol. The van der Waals surface area contributed by atoms with Crippen molar-refractivity contribution < 1.29 is 9.59 Å². The fourth-order valence-corrected chi connectivity index (χ4v) is 1.92. The summed E-state index contributed by atoms with van der Waals surface area (Å²) in [5.74, 6) is -0.768. The molecule has 1 aliphatic heterocycles. The Morgan fingerprint density at radius 1 is 0.947 bits per heavy atom. The van der Waals surface area contributed by atoms with Gasteiger partial charge >= 0.3 is 0 Å². The van der Waals surface area contributed by atoms with Gasteiger partial charge in [-0.25, -0.2) is 0 Å². The van der Waals surface area contributed by atoms with Crippen LogP contribution >= 0.6 is 0 Å². The molecule has 0 saturated carbocycles. The molecule has 5 heteroatoms. The summed E-state index contributed by atoms with van der Waals surface area (Å²) in [6.07, 6.45) is 0. The molecule has 0 aliphatic carbocycles. The standard InChI is InChI=1S/C14H11N3O2/c18-13(10-6-2-1-3-7-10)17-14(19)11-8-4-5-9-12(11)15-16-17/h1-9,15-16H. The molecular weight excluding hydrogens is 242 g/mol. The van der Waals surface area contributed by atoms with E-state index in [2.05, 4.69) is 11.0 Å². The molecule has 2 amide bonds. The molecule has 94 valence electrons. The summed E-state index contributed by atoms with van der Waals surface area (Å²) in [7, 11) is 0. The van der Waals surface area contributed by atoms with Crippen LogP contribution in [0.15, 0.2) is 54.6 Å². The van der Waals surface area contributed by atoms with E-state index in [-0.39, 0.29) is 5.91 Å². The molecule has 0 saturated heterocycles. The number of carbonyl (C=O) groups is 2. The number of fused-ring (bicyclic) bond motifs is 1. The van der Waals surface area contributed by atoms with Gasteiger partial charge in [0, 0.05) is 5.56 Å². The first-order valence-corrected chi connectivity index (χ1v) is 5.82. The Morgan fingerprint density at radius 2 is 1.63 bits per heavy atom. The van der Waals surface area contributed by atoms with Gasteiger partial charge in [0.15, 0.2) is 0 Å². The smallest absolute Gasteiger partial charge is 0.278 e. The van der Waals surface area contributed by atoms with Gasteiger partial charge in [0.25, 0.3) is 11.8 Å². The van der Waals surface area contributed by atoms with Gasteiger partial charge in [-0.05, 0) is 24.3 Å². The molecule has 1 heterocycles. The van der Waals surface area contributed by atoms with Crippen LogP contribution in [0.25, 0.3) is 0 Å². The van der Waals surface area contributed by atoms with E-state index in [1.165, 1.54) is 0 Å². The van der Waals surface area contributed by atoms with Gasteiger partial charge in [-0.15, -0.1) is 5.53 Å². The van der Waals surface area contributed by atoms with E-state index in [1.54, 1.807) is 42.5 Å². The quantitative estimate of drug-likeness (QED) is 0.761. The van der Waals surface area contributed by atoms with E-state index in [0.29, 0.717) is 16.8 Å². The number of para-hydroxylation sites is 1. The molecular formula is C14H11N3O2. The summed E-state index contributed by atoms with van der Waals surface area (Å²) < 4.78 is 0. The van der Waals surface area contributed by atoms with Crippen molar-refractivity contribution >= 4 is 17.5 Å². The number of hydrogen-bond acceptors (Lipinski definition) is 4. The topological polar surface area (TPSA) is 61.4 Å². The van der Waals surface area contributed by atoms with Crippen molar-refractivity contribution in [2.45, 2.75) is 0 Å². The summed E-state index contributed by atoms with van der Waals surface area (Å²) in [6.45, 7) is 0. The molecule has 0 spiro atoms. The van der Waals surface area contributed by atoms with E-state index < -0.39 is 5.91 Å². The normalized spacial score (nSPS) is 13.7. The third-order valence-corrected chi connectivity index (χ3v) is 2.89. The predicted molar refractivity (Wildman–Crippen MR) is 70.1 cm³/mol. The van der Waals surface area contributed by atoms with Crippen molar-refractivity contribution in [2.75, 3.05) is 5.43 Å². The number of anilines is 1. The maximum Gasteiger partial charge on any atom is 0.278 e. The average Bonchev–Trinajstić information content (AvgIpc) is 2.48. The highest BCUT2D eigenvalue weighted by Gasteiger charge is 2.29. The van der Waals surface area contributed by atoms with E-state index in [9.17, 15) is 9.59 Å². The lowest BCUT2D eigenvalue weighted by Crippen LogP contribution is -2.53. The lowest BCUT2D eigenvalue weighted by atomic mass is 10.1. The lowest BCUT2D eigenvalue weighted by Gasteiger charge is -2.28. The van der Waals surface area contributed by atoms with Gasteiger partial charge in [0.1, 0.15) is 0 Å². The van der Waals surface area contributed by atoms with E-state index in [1.807, 2.05) is 12.1 Å². The van der Waals surface area contributed by atoms with Crippen LogP contribution < -0.4 is 11.0 Å². The van der Waals surface area contributed by atoms with Crippen LogP contribution in [-0.4, -0.2) is 16.8 Å². The highest BCUT2D eigenvalue weighted by Crippen LogP contribution is 2.20. The van der Waals surface area contributed by atoms with Crippen molar-refractivity contribution in [3.05, 3.63) is 65.7 Å². The Kier molecular flexibility index (Phi) is 2.74. The summed E-state index contributed by atoms with van der Waals surface area (Å²) in [5.41, 5.74) is 7.00. The second-order valence-corrected chi connectivity index (χ2v) is 4.09. The second-order valence-electron chi connectivity index (χ2n) is 4.09. The maximum absolute atomic E-state index is 12.2. The first kappa shape index (κ1) is 11.4. The van der Waals surface area contributed by atoms with Crippen LogP contribution in [0.4, 0.5) is 5.69 Å². The van der Waals surface area contributed by atoms with Crippen LogP contribution in [0.2, 0.25) is 0 Å². The van der Waals surface area contributed by atoms with Crippen LogP contribution in [0.3, 0.4) is 0 Å². The summed E-state index contributed by atoms with van der Waals surface area (Å²) in [5, 5.41) is 0.970. The zero-order valence-electron chi connectivity index (χ0n) is 9.96. The first-order valence-electron chi connectivity index (χ1n) is 5.82. The van der Waals surface area contributed by atoms with Crippen LogP contribution in [0.5, 0.6) is 0 Å². The highest BCUT2D eigenvalue weighted by atomic mass is 16.2. The zero-order valence-corrected chi connectivity index (χ0v) is 9.96. The van der Waals surface area contributed by atoms with Gasteiger partial charge in [0.05, 0.1) is 11.3 Å². The van der Waals surface area contributed by atoms with E-state index >= 15 is 0 Å². The van der Waals surface area contributed by atoms with Gasteiger partial charge in [-0.2, -0.15) is 5.01 Å². The van der Waals surface area contributed by atoms with Crippen LogP contribution in [0, 0.1) is 0 Å². The number of rotatable bonds is 1. The zero-order chi connectivity index (χ0) is 13.2. The van der Waals surface area contributed by atoms with Gasteiger partial charge in [-0.3, -0.25) is 9.59 Å². The minimum Gasteiger partial charge on any atom is -0.303 e. The molecule has 0 unspecified atom stereocenters. The number of carbonyl (C=O) groups excluding carboxylic acids is 2. The molecule has 2 aromatic carbocycles. The first-order chi connectivity index (χ1) is 9.27. The number of amides is 2. The van der Waals surface area contributed by atoms with E-state index in [4.69, 9.17) is 0 Å². The molecule has 3 rings (SSSR count). The number of hydrogen-bond donors (Lipinski definition) is 2. The van der Waals surface area contributed by atoms with E-state index in [0.717, 1.165) is 5.01 Å². The minimum absolute atomic E-state index is 0.372. The van der Waals surface area contributed by atoms with Crippen LogP contribution in [-0.2, 0) is 0 Å². The van der Waals surface area contributed by atoms with Crippen molar-refractivity contribution in [3.8, 4) is 0 Å². The SMILES string of the molecule is O=C(c1ccccc1)N1NNc2ccccc2C1=O. The molecule has 2 aromatic rings. The second kappa shape index (κ2) is 4.55. The third-order valence-electron chi connectivity index (χ3n) is 2.89. The molecule has 2 N–H and O–H groups in total. The average molecular weight is 253 g/mol. The molecule has 5 nitrogen and oxygen atoms in total.